The van der Waals surface area contributed by atoms with Crippen LogP contribution in [-0.4, -0.2) is 17.6 Å². The van der Waals surface area contributed by atoms with Crippen molar-refractivity contribution in [3.8, 4) is 33.6 Å². The molecule has 0 aliphatic heterocycles. The average molecular weight is 823 g/mol. The summed E-state index contributed by atoms with van der Waals surface area (Å²) in [4.78, 5) is 5.06. The Labute approximate surface area is 367 Å². The molecule has 0 fully saturated rings. The second kappa shape index (κ2) is 15.0. The summed E-state index contributed by atoms with van der Waals surface area (Å²) in [6.07, 6.45) is 0. The molecule has 12 rings (SSSR count). The predicted octanol–water partition coefficient (Wildman–Crippen LogP) is 12.6. The molecule has 0 saturated heterocycles. The first-order chi connectivity index (χ1) is 31.2. The van der Waals surface area contributed by atoms with Crippen LogP contribution in [0.4, 0.5) is 0 Å². The van der Waals surface area contributed by atoms with Crippen LogP contribution in [0.2, 0.25) is 0 Å². The number of rotatable bonds is 8. The highest BCUT2D eigenvalue weighted by Gasteiger charge is 2.42. The summed E-state index contributed by atoms with van der Waals surface area (Å²) in [6, 6.07) is 82.4. The number of aromatic nitrogens is 2. The van der Waals surface area contributed by atoms with Crippen LogP contribution < -0.4 is 20.7 Å². The van der Waals surface area contributed by atoms with Crippen LogP contribution in [0.5, 0.6) is 0 Å². The number of nitrogens with zero attached hydrogens (tertiary/aromatic N) is 2. The molecule has 0 N–H and O–H groups in total. The number of para-hydroxylation sites is 3. The molecule has 298 valence electrons. The second-order valence-corrected chi connectivity index (χ2v) is 20.3. The van der Waals surface area contributed by atoms with E-state index in [-0.39, 0.29) is 0 Å². The van der Waals surface area contributed by atoms with Gasteiger partial charge < -0.3 is 8.98 Å². The summed E-state index contributed by atoms with van der Waals surface area (Å²) in [5.41, 5.74) is 10.0. The Hall–Kier alpha value is -7.79. The molecule has 0 aliphatic rings. The molecular formula is C59H42N2OSi. The van der Waals surface area contributed by atoms with E-state index in [1.807, 2.05) is 6.07 Å². The maximum Gasteiger partial charge on any atom is 0.179 e. The van der Waals surface area contributed by atoms with Crippen LogP contribution in [0.3, 0.4) is 0 Å². The third-order valence-electron chi connectivity index (χ3n) is 13.2. The standard InChI is InChI=1S/C59H42N2OSi/c1-2-61-54-27-15-14-26-53(54)60-59(61)42-31-29-40(30-32-42)57-49-22-9-11-24-51(49)58(52-25-12-10-23-50(52)57)41-33-35-45(36-34-41)63(43-17-5-3-6-18-43,44-19-7-4-8-20-44)46-37-38-48-47-21-13-16-28-55(47)62-56(48)39-46/h3-39H,2H2,1H3. The molecule has 2 aromatic heterocycles. The largest absolute Gasteiger partial charge is 0.456 e. The fourth-order valence-corrected chi connectivity index (χ4v) is 15.1. The Balaban J connectivity index is 1.03. The Bertz CT molecular complexity index is 3550. The number of imidazole rings is 1. The fourth-order valence-electron chi connectivity index (χ4n) is 10.4. The van der Waals surface area contributed by atoms with Gasteiger partial charge in [0.15, 0.2) is 8.07 Å². The molecule has 4 heteroatoms. The van der Waals surface area contributed by atoms with Crippen molar-refractivity contribution in [1.29, 1.82) is 0 Å². The number of benzene rings is 10. The van der Waals surface area contributed by atoms with Gasteiger partial charge in [-0.15, -0.1) is 0 Å². The molecule has 12 aromatic rings. The Kier molecular flexibility index (Phi) is 8.80. The van der Waals surface area contributed by atoms with Gasteiger partial charge in [-0.2, -0.15) is 0 Å². The highest BCUT2D eigenvalue weighted by molar-refractivity contribution is 7.20. The lowest BCUT2D eigenvalue weighted by atomic mass is 9.86. The van der Waals surface area contributed by atoms with Gasteiger partial charge in [0, 0.05) is 22.9 Å². The number of fused-ring (bicyclic) bond motifs is 6. The van der Waals surface area contributed by atoms with Crippen LogP contribution in [0, 0.1) is 0 Å². The van der Waals surface area contributed by atoms with Crippen LogP contribution in [-0.2, 0) is 6.54 Å². The number of hydrogen-bond acceptors (Lipinski definition) is 2. The summed E-state index contributed by atoms with van der Waals surface area (Å²) >= 11 is 0. The van der Waals surface area contributed by atoms with Gasteiger partial charge >= 0.3 is 0 Å². The van der Waals surface area contributed by atoms with E-state index in [2.05, 4.69) is 230 Å². The Morgan fingerprint density at radius 1 is 0.397 bits per heavy atom. The minimum absolute atomic E-state index is 0.856. The van der Waals surface area contributed by atoms with E-state index in [1.165, 1.54) is 64.5 Å². The first kappa shape index (κ1) is 37.0. The fraction of sp³-hybridized carbons (Fsp3) is 0.0339. The van der Waals surface area contributed by atoms with E-state index >= 15 is 0 Å². The van der Waals surface area contributed by atoms with Crippen LogP contribution >= 0.6 is 0 Å². The van der Waals surface area contributed by atoms with E-state index in [1.54, 1.807) is 0 Å². The Morgan fingerprint density at radius 2 is 0.841 bits per heavy atom. The molecule has 10 aromatic carbocycles. The number of furan rings is 1. The smallest absolute Gasteiger partial charge is 0.179 e. The first-order valence-electron chi connectivity index (χ1n) is 21.8. The molecule has 3 nitrogen and oxygen atoms in total. The summed E-state index contributed by atoms with van der Waals surface area (Å²) in [6.45, 7) is 3.04. The zero-order valence-electron chi connectivity index (χ0n) is 34.9. The molecule has 0 radical (unpaired) electrons. The zero-order chi connectivity index (χ0) is 41.9. The summed E-state index contributed by atoms with van der Waals surface area (Å²) in [5, 5.41) is 12.5. The highest BCUT2D eigenvalue weighted by atomic mass is 28.3. The molecule has 0 spiro atoms. The maximum atomic E-state index is 6.56. The number of hydrogen-bond donors (Lipinski definition) is 0. The SMILES string of the molecule is CCn1c(-c2ccc(-c3c4ccccc4c(-c4ccc([Si](c5ccccc5)(c5ccccc5)c5ccc6c(c5)oc5ccccc56)cc4)c4ccccc34)cc2)nc2ccccc21. The second-order valence-electron chi connectivity index (χ2n) is 16.5. The highest BCUT2D eigenvalue weighted by Crippen LogP contribution is 2.44. The topological polar surface area (TPSA) is 31.0 Å². The van der Waals surface area contributed by atoms with Crippen LogP contribution in [0.15, 0.2) is 229 Å². The quantitative estimate of drug-likeness (QED) is 0.0868. The van der Waals surface area contributed by atoms with Gasteiger partial charge in [-0.05, 0) is 95.7 Å². The van der Waals surface area contributed by atoms with Crippen molar-refractivity contribution in [2.75, 3.05) is 0 Å². The van der Waals surface area contributed by atoms with Crippen molar-refractivity contribution in [2.24, 2.45) is 0 Å². The van der Waals surface area contributed by atoms with E-state index in [0.29, 0.717) is 0 Å². The lowest BCUT2D eigenvalue weighted by molar-refractivity contribution is 0.669. The zero-order valence-corrected chi connectivity index (χ0v) is 35.9. The molecular weight excluding hydrogens is 781 g/mol. The average Bonchev–Trinajstić information content (AvgIpc) is 3.93. The summed E-state index contributed by atoms with van der Waals surface area (Å²) in [7, 11) is -2.86. The van der Waals surface area contributed by atoms with Crippen molar-refractivity contribution in [3.63, 3.8) is 0 Å². The van der Waals surface area contributed by atoms with Crippen molar-refractivity contribution in [1.82, 2.24) is 9.55 Å². The lowest BCUT2D eigenvalue weighted by Gasteiger charge is -2.34. The minimum atomic E-state index is -2.86. The normalized spacial score (nSPS) is 12.0. The van der Waals surface area contributed by atoms with Crippen molar-refractivity contribution in [3.05, 3.63) is 224 Å². The van der Waals surface area contributed by atoms with E-state index in [4.69, 9.17) is 9.40 Å². The third-order valence-corrected chi connectivity index (χ3v) is 17.9. The van der Waals surface area contributed by atoms with Gasteiger partial charge in [0.25, 0.3) is 0 Å². The summed E-state index contributed by atoms with van der Waals surface area (Å²) < 4.78 is 8.87. The lowest BCUT2D eigenvalue weighted by Crippen LogP contribution is -2.74. The van der Waals surface area contributed by atoms with Crippen LogP contribution in [0.25, 0.3) is 88.2 Å². The first-order valence-corrected chi connectivity index (χ1v) is 23.8. The molecule has 2 heterocycles. The molecule has 0 atom stereocenters. The maximum absolute atomic E-state index is 6.56. The minimum Gasteiger partial charge on any atom is -0.456 e. The monoisotopic (exact) mass is 822 g/mol. The van der Waals surface area contributed by atoms with Crippen molar-refractivity contribution in [2.45, 2.75) is 13.5 Å². The van der Waals surface area contributed by atoms with E-state index in [9.17, 15) is 0 Å². The molecule has 63 heavy (non-hydrogen) atoms. The van der Waals surface area contributed by atoms with Gasteiger partial charge in [-0.1, -0.05) is 200 Å². The van der Waals surface area contributed by atoms with Gasteiger partial charge in [0.05, 0.1) is 11.0 Å². The molecule has 0 amide bonds. The predicted molar refractivity (Wildman–Crippen MR) is 268 cm³/mol. The van der Waals surface area contributed by atoms with Gasteiger partial charge in [-0.25, -0.2) is 4.98 Å². The molecule has 0 saturated carbocycles. The van der Waals surface area contributed by atoms with Gasteiger partial charge in [-0.3, -0.25) is 0 Å². The summed E-state index contributed by atoms with van der Waals surface area (Å²) in [5.74, 6) is 1.00. The van der Waals surface area contributed by atoms with Crippen molar-refractivity contribution < 1.29 is 4.42 Å². The molecule has 0 bridgehead atoms. The molecule has 0 aliphatic carbocycles. The van der Waals surface area contributed by atoms with Gasteiger partial charge in [0.1, 0.15) is 17.0 Å². The number of aryl methyl sites for hydroxylation is 1. The third kappa shape index (κ3) is 5.83. The van der Waals surface area contributed by atoms with E-state index < -0.39 is 8.07 Å². The Morgan fingerprint density at radius 3 is 1.43 bits per heavy atom. The van der Waals surface area contributed by atoms with Crippen LogP contribution in [0.1, 0.15) is 6.92 Å². The van der Waals surface area contributed by atoms with E-state index in [0.717, 1.165) is 50.9 Å². The molecule has 0 unspecified atom stereocenters. The van der Waals surface area contributed by atoms with Gasteiger partial charge in [0.2, 0.25) is 0 Å². The van der Waals surface area contributed by atoms with Crippen molar-refractivity contribution >= 4 is 83.3 Å².